The van der Waals surface area contributed by atoms with Crippen LogP contribution in [0.5, 0.6) is 11.5 Å². The van der Waals surface area contributed by atoms with Crippen molar-refractivity contribution in [1.82, 2.24) is 5.48 Å². The van der Waals surface area contributed by atoms with E-state index in [9.17, 15) is 4.79 Å². The molecule has 5 heteroatoms. The van der Waals surface area contributed by atoms with Gasteiger partial charge in [-0.3, -0.25) is 10.0 Å². The van der Waals surface area contributed by atoms with Crippen molar-refractivity contribution in [2.24, 2.45) is 0 Å². The van der Waals surface area contributed by atoms with Gasteiger partial charge in [0.2, 0.25) is 0 Å². The molecule has 3 aromatic carbocycles. The highest BCUT2D eigenvalue weighted by molar-refractivity contribution is 5.93. The molecule has 0 aromatic heterocycles. The number of fused-ring (bicyclic) bond motifs is 2. The lowest BCUT2D eigenvalue weighted by atomic mass is 10.1. The number of para-hydroxylation sites is 3. The molecule has 3 aromatic rings. The number of ether oxygens (including phenoxy) is 1. The van der Waals surface area contributed by atoms with Crippen LogP contribution in [0.2, 0.25) is 0 Å². The van der Waals surface area contributed by atoms with Crippen LogP contribution >= 0.6 is 0 Å². The predicted molar refractivity (Wildman–Crippen MR) is 94.5 cm³/mol. The van der Waals surface area contributed by atoms with E-state index in [0.29, 0.717) is 12.1 Å². The molecule has 0 spiro atoms. The minimum Gasteiger partial charge on any atom is -0.455 e. The zero-order valence-corrected chi connectivity index (χ0v) is 13.3. The molecule has 0 unspecified atom stereocenters. The maximum absolute atomic E-state index is 11.5. The summed E-state index contributed by atoms with van der Waals surface area (Å²) in [6.07, 6.45) is 0. The van der Waals surface area contributed by atoms with Crippen molar-refractivity contribution in [1.29, 1.82) is 0 Å². The molecule has 5 nitrogen and oxygen atoms in total. The zero-order chi connectivity index (χ0) is 17.2. The molecule has 0 saturated heterocycles. The fourth-order valence-electron chi connectivity index (χ4n) is 2.96. The van der Waals surface area contributed by atoms with Crippen molar-refractivity contribution in [2.75, 3.05) is 4.90 Å². The summed E-state index contributed by atoms with van der Waals surface area (Å²) in [7, 11) is 0. The second kappa shape index (κ2) is 6.30. The molecule has 0 saturated carbocycles. The number of hydrogen-bond acceptors (Lipinski definition) is 4. The molecule has 0 aliphatic carbocycles. The van der Waals surface area contributed by atoms with E-state index in [1.54, 1.807) is 17.6 Å². The molecule has 4 rings (SSSR count). The van der Waals surface area contributed by atoms with Crippen LogP contribution in [0.15, 0.2) is 72.8 Å². The van der Waals surface area contributed by atoms with Gasteiger partial charge >= 0.3 is 0 Å². The van der Waals surface area contributed by atoms with Crippen LogP contribution in [-0.2, 0) is 6.54 Å². The summed E-state index contributed by atoms with van der Waals surface area (Å²) in [6.45, 7) is 0.652. The summed E-state index contributed by atoms with van der Waals surface area (Å²) in [5, 5.41) is 8.76. The molecule has 0 fully saturated rings. The van der Waals surface area contributed by atoms with E-state index in [1.165, 1.54) is 0 Å². The first-order valence-corrected chi connectivity index (χ1v) is 7.93. The van der Waals surface area contributed by atoms with E-state index in [1.807, 2.05) is 60.7 Å². The van der Waals surface area contributed by atoms with Crippen molar-refractivity contribution in [3.05, 3.63) is 83.9 Å². The summed E-state index contributed by atoms with van der Waals surface area (Å²) < 4.78 is 6.09. The van der Waals surface area contributed by atoms with Crippen molar-refractivity contribution in [2.45, 2.75) is 6.54 Å². The number of benzene rings is 3. The smallest absolute Gasteiger partial charge is 0.274 e. The molecule has 1 aliphatic heterocycles. The second-order valence-corrected chi connectivity index (χ2v) is 5.75. The Labute approximate surface area is 145 Å². The summed E-state index contributed by atoms with van der Waals surface area (Å²) in [4.78, 5) is 13.7. The van der Waals surface area contributed by atoms with Gasteiger partial charge in [-0.25, -0.2) is 5.48 Å². The Morgan fingerprint density at radius 2 is 1.60 bits per heavy atom. The number of carbonyl (C=O) groups excluding carboxylic acids is 1. The molecule has 124 valence electrons. The molecule has 0 radical (unpaired) electrons. The fourth-order valence-corrected chi connectivity index (χ4v) is 2.96. The monoisotopic (exact) mass is 332 g/mol. The van der Waals surface area contributed by atoms with Crippen LogP contribution in [0.4, 0.5) is 11.4 Å². The van der Waals surface area contributed by atoms with Gasteiger partial charge in [-0.2, -0.15) is 0 Å². The van der Waals surface area contributed by atoms with Crippen LogP contribution in [0.1, 0.15) is 15.9 Å². The quantitative estimate of drug-likeness (QED) is 0.544. The number of nitrogens with zero attached hydrogens (tertiary/aromatic N) is 1. The lowest BCUT2D eigenvalue weighted by molar-refractivity contribution is 0.0706. The van der Waals surface area contributed by atoms with E-state index in [2.05, 4.69) is 4.90 Å². The van der Waals surface area contributed by atoms with E-state index in [0.717, 1.165) is 28.4 Å². The average Bonchev–Trinajstić information content (AvgIpc) is 2.84. The SMILES string of the molecule is O=C(NO)c1ccc(N2Cc3ccccc3Oc3ccccc32)cc1. The van der Waals surface area contributed by atoms with Crippen LogP contribution in [0.25, 0.3) is 0 Å². The van der Waals surface area contributed by atoms with Gasteiger partial charge in [-0.1, -0.05) is 30.3 Å². The van der Waals surface area contributed by atoms with Crippen LogP contribution in [-0.4, -0.2) is 11.1 Å². The number of nitrogens with one attached hydrogen (secondary N) is 1. The highest BCUT2D eigenvalue weighted by atomic mass is 16.5. The normalized spacial score (nSPS) is 12.4. The lowest BCUT2D eigenvalue weighted by Gasteiger charge is -2.24. The van der Waals surface area contributed by atoms with E-state index in [4.69, 9.17) is 9.94 Å². The first-order chi connectivity index (χ1) is 12.3. The summed E-state index contributed by atoms with van der Waals surface area (Å²) in [5.74, 6) is 1.09. The topological polar surface area (TPSA) is 61.8 Å². The first kappa shape index (κ1) is 15.2. The third-order valence-electron chi connectivity index (χ3n) is 4.22. The number of anilines is 2. The molecular formula is C20H16N2O3. The van der Waals surface area contributed by atoms with Gasteiger partial charge in [-0.15, -0.1) is 0 Å². The summed E-state index contributed by atoms with van der Waals surface area (Å²) in [6, 6.07) is 22.9. The number of amides is 1. The molecule has 25 heavy (non-hydrogen) atoms. The Kier molecular flexibility index (Phi) is 3.84. The fraction of sp³-hybridized carbons (Fsp3) is 0.0500. The van der Waals surface area contributed by atoms with Gasteiger partial charge in [0.15, 0.2) is 5.75 Å². The number of hydroxylamine groups is 1. The van der Waals surface area contributed by atoms with Gasteiger partial charge < -0.3 is 9.64 Å². The Hall–Kier alpha value is -3.31. The Bertz CT molecular complexity index is 922. The number of carbonyl (C=O) groups is 1. The second-order valence-electron chi connectivity index (χ2n) is 5.75. The van der Waals surface area contributed by atoms with Gasteiger partial charge in [-0.05, 0) is 42.5 Å². The molecule has 1 aliphatic rings. The van der Waals surface area contributed by atoms with Crippen LogP contribution in [0, 0.1) is 0 Å². The highest BCUT2D eigenvalue weighted by Crippen LogP contribution is 2.42. The molecule has 1 amide bonds. The van der Waals surface area contributed by atoms with Crippen LogP contribution < -0.4 is 15.1 Å². The van der Waals surface area contributed by atoms with Gasteiger partial charge in [0.25, 0.3) is 5.91 Å². The van der Waals surface area contributed by atoms with Gasteiger partial charge in [0.1, 0.15) is 5.75 Å². The van der Waals surface area contributed by atoms with Crippen molar-refractivity contribution >= 4 is 17.3 Å². The maximum Gasteiger partial charge on any atom is 0.274 e. The molecule has 1 heterocycles. The Balaban J connectivity index is 1.79. The van der Waals surface area contributed by atoms with E-state index < -0.39 is 5.91 Å². The average molecular weight is 332 g/mol. The molecular weight excluding hydrogens is 316 g/mol. The summed E-state index contributed by atoms with van der Waals surface area (Å²) >= 11 is 0. The molecule has 0 atom stereocenters. The number of hydrogen-bond donors (Lipinski definition) is 2. The van der Waals surface area contributed by atoms with Gasteiger partial charge in [0.05, 0.1) is 12.2 Å². The predicted octanol–water partition coefficient (Wildman–Crippen LogP) is 4.25. The maximum atomic E-state index is 11.5. The standard InChI is InChI=1S/C20H16N2O3/c23-20(21-24)14-9-11-16(12-10-14)22-13-15-5-1-3-7-18(15)25-19-8-4-2-6-17(19)22/h1-12,24H,13H2,(H,21,23). The zero-order valence-electron chi connectivity index (χ0n) is 13.3. The highest BCUT2D eigenvalue weighted by Gasteiger charge is 2.21. The lowest BCUT2D eigenvalue weighted by Crippen LogP contribution is -2.19. The summed E-state index contributed by atoms with van der Waals surface area (Å²) in [5.41, 5.74) is 5.01. The largest absolute Gasteiger partial charge is 0.455 e. The Morgan fingerprint density at radius 1 is 0.920 bits per heavy atom. The molecule has 2 N–H and O–H groups in total. The molecule has 0 bridgehead atoms. The Morgan fingerprint density at radius 3 is 2.36 bits per heavy atom. The third kappa shape index (κ3) is 2.81. The van der Waals surface area contributed by atoms with E-state index in [-0.39, 0.29) is 0 Å². The van der Waals surface area contributed by atoms with Crippen molar-refractivity contribution in [3.63, 3.8) is 0 Å². The minimum atomic E-state index is -0.531. The van der Waals surface area contributed by atoms with E-state index >= 15 is 0 Å². The van der Waals surface area contributed by atoms with Gasteiger partial charge in [0, 0.05) is 16.8 Å². The minimum absolute atomic E-state index is 0.394. The number of rotatable bonds is 2. The van der Waals surface area contributed by atoms with Crippen molar-refractivity contribution < 1.29 is 14.7 Å². The third-order valence-corrected chi connectivity index (χ3v) is 4.22. The van der Waals surface area contributed by atoms with Crippen molar-refractivity contribution in [3.8, 4) is 11.5 Å². The first-order valence-electron chi connectivity index (χ1n) is 7.93. The van der Waals surface area contributed by atoms with Crippen LogP contribution in [0.3, 0.4) is 0 Å².